The number of aliphatic hydroxyl groups is 1. The van der Waals surface area contributed by atoms with Crippen molar-refractivity contribution in [1.82, 2.24) is 0 Å². The van der Waals surface area contributed by atoms with E-state index in [1.165, 1.54) is 5.56 Å². The molecule has 1 aromatic rings. The van der Waals surface area contributed by atoms with Crippen molar-refractivity contribution in [3.63, 3.8) is 0 Å². The Morgan fingerprint density at radius 2 is 1.88 bits per heavy atom. The van der Waals surface area contributed by atoms with Gasteiger partial charge in [-0.05, 0) is 16.5 Å². The molecule has 0 saturated heterocycles. The van der Waals surface area contributed by atoms with Crippen LogP contribution in [0, 0.1) is 0 Å². The van der Waals surface area contributed by atoms with E-state index in [1.807, 2.05) is 12.1 Å². The van der Waals surface area contributed by atoms with Crippen molar-refractivity contribution in [2.75, 3.05) is 13.2 Å². The summed E-state index contributed by atoms with van der Waals surface area (Å²) in [4.78, 5) is 4.98. The second-order valence-corrected chi connectivity index (χ2v) is 5.02. The zero-order valence-corrected chi connectivity index (χ0v) is 10.8. The molecule has 0 aliphatic carbocycles. The van der Waals surface area contributed by atoms with Gasteiger partial charge in [-0.2, -0.15) is 0 Å². The van der Waals surface area contributed by atoms with Crippen molar-refractivity contribution in [2.24, 2.45) is 5.16 Å². The van der Waals surface area contributed by atoms with Crippen LogP contribution in [0.2, 0.25) is 0 Å². The largest absolute Gasteiger partial charge is 0.396 e. The number of oxime groups is 1. The van der Waals surface area contributed by atoms with E-state index in [2.05, 4.69) is 38.1 Å². The number of hydrogen-bond donors (Lipinski definition) is 1. The van der Waals surface area contributed by atoms with Crippen LogP contribution in [0.4, 0.5) is 0 Å². The van der Waals surface area contributed by atoms with Crippen LogP contribution in [0.15, 0.2) is 29.4 Å². The van der Waals surface area contributed by atoms with Crippen LogP contribution in [0.25, 0.3) is 0 Å². The quantitative estimate of drug-likeness (QED) is 0.484. The van der Waals surface area contributed by atoms with E-state index in [0.717, 1.165) is 5.56 Å². The summed E-state index contributed by atoms with van der Waals surface area (Å²) in [5.41, 5.74) is 2.49. The van der Waals surface area contributed by atoms with Gasteiger partial charge in [-0.3, -0.25) is 0 Å². The Hall–Kier alpha value is -1.35. The van der Waals surface area contributed by atoms with E-state index in [9.17, 15) is 0 Å². The summed E-state index contributed by atoms with van der Waals surface area (Å²) in [6, 6.07) is 8.27. The van der Waals surface area contributed by atoms with Crippen molar-refractivity contribution >= 4 is 6.21 Å². The third-order valence-corrected chi connectivity index (χ3v) is 2.45. The summed E-state index contributed by atoms with van der Waals surface area (Å²) >= 11 is 0. The highest BCUT2D eigenvalue weighted by molar-refractivity contribution is 5.79. The fourth-order valence-electron chi connectivity index (χ4n) is 1.35. The third-order valence-electron chi connectivity index (χ3n) is 2.45. The molecule has 0 atom stereocenters. The summed E-state index contributed by atoms with van der Waals surface area (Å²) in [5.74, 6) is 0. The molecule has 94 valence electrons. The lowest BCUT2D eigenvalue weighted by atomic mass is 9.87. The van der Waals surface area contributed by atoms with E-state index in [-0.39, 0.29) is 12.0 Å². The van der Waals surface area contributed by atoms with Gasteiger partial charge >= 0.3 is 0 Å². The fourth-order valence-corrected chi connectivity index (χ4v) is 1.35. The molecule has 0 fully saturated rings. The Balaban J connectivity index is 2.51. The standard InChI is InChI=1S/C14H21NO2/c1-14(2,3)13-7-5-12(6-8-13)11-15-17-10-4-9-16/h5-8,11,16H,4,9-10H2,1-3H3. The molecule has 0 aliphatic heterocycles. The lowest BCUT2D eigenvalue weighted by Crippen LogP contribution is -2.10. The number of nitrogens with zero attached hydrogens (tertiary/aromatic N) is 1. The minimum atomic E-state index is 0.135. The van der Waals surface area contributed by atoms with Crippen LogP contribution in [0.1, 0.15) is 38.3 Å². The smallest absolute Gasteiger partial charge is 0.119 e. The Bertz CT molecular complexity index is 349. The molecule has 1 N–H and O–H groups in total. The lowest BCUT2D eigenvalue weighted by molar-refractivity contribution is 0.125. The summed E-state index contributed by atoms with van der Waals surface area (Å²) < 4.78 is 0. The molecule has 0 heterocycles. The molecule has 0 bridgehead atoms. The highest BCUT2D eigenvalue weighted by Gasteiger charge is 2.12. The summed E-state index contributed by atoms with van der Waals surface area (Å²) in [6.07, 6.45) is 2.30. The molecular formula is C14H21NO2. The second-order valence-electron chi connectivity index (χ2n) is 5.02. The van der Waals surface area contributed by atoms with Gasteiger partial charge in [-0.1, -0.05) is 50.2 Å². The molecule has 0 amide bonds. The van der Waals surface area contributed by atoms with Crippen LogP contribution >= 0.6 is 0 Å². The average Bonchev–Trinajstić information content (AvgIpc) is 2.28. The molecular weight excluding hydrogens is 214 g/mol. The molecule has 1 aromatic carbocycles. The molecule has 0 spiro atoms. The first-order valence-electron chi connectivity index (χ1n) is 5.91. The van der Waals surface area contributed by atoms with Crippen LogP contribution in [-0.2, 0) is 10.3 Å². The maximum atomic E-state index is 8.56. The zero-order valence-electron chi connectivity index (χ0n) is 10.8. The Kier molecular flexibility index (Phi) is 5.16. The number of aliphatic hydroxyl groups excluding tert-OH is 1. The number of benzene rings is 1. The van der Waals surface area contributed by atoms with Crippen molar-refractivity contribution in [3.8, 4) is 0 Å². The maximum Gasteiger partial charge on any atom is 0.119 e. The first-order valence-corrected chi connectivity index (χ1v) is 5.91. The van der Waals surface area contributed by atoms with Gasteiger partial charge in [-0.15, -0.1) is 0 Å². The third kappa shape index (κ3) is 5.00. The topological polar surface area (TPSA) is 41.8 Å². The van der Waals surface area contributed by atoms with Crippen LogP contribution in [-0.4, -0.2) is 24.5 Å². The SMILES string of the molecule is CC(C)(C)c1ccc(C=NOCCCO)cc1. The van der Waals surface area contributed by atoms with Gasteiger partial charge in [0.15, 0.2) is 0 Å². The molecule has 0 radical (unpaired) electrons. The van der Waals surface area contributed by atoms with Gasteiger partial charge in [0, 0.05) is 13.0 Å². The summed E-state index contributed by atoms with van der Waals surface area (Å²) in [5, 5.41) is 12.4. The van der Waals surface area contributed by atoms with Crippen molar-refractivity contribution < 1.29 is 9.94 Å². The highest BCUT2D eigenvalue weighted by atomic mass is 16.6. The Morgan fingerprint density at radius 1 is 1.24 bits per heavy atom. The lowest BCUT2D eigenvalue weighted by Gasteiger charge is -2.18. The normalized spacial score (nSPS) is 12.0. The molecule has 1 rings (SSSR count). The van der Waals surface area contributed by atoms with E-state index in [0.29, 0.717) is 13.0 Å². The molecule has 0 saturated carbocycles. The molecule has 0 aliphatic rings. The first-order chi connectivity index (χ1) is 8.04. The second kappa shape index (κ2) is 6.40. The van der Waals surface area contributed by atoms with E-state index in [4.69, 9.17) is 9.94 Å². The van der Waals surface area contributed by atoms with E-state index in [1.54, 1.807) is 6.21 Å². The predicted octanol–water partition coefficient (Wildman–Crippen LogP) is 2.72. The van der Waals surface area contributed by atoms with Gasteiger partial charge < -0.3 is 9.94 Å². The summed E-state index contributed by atoms with van der Waals surface area (Å²) in [7, 11) is 0. The predicted molar refractivity (Wildman–Crippen MR) is 70.4 cm³/mol. The van der Waals surface area contributed by atoms with Gasteiger partial charge in [0.25, 0.3) is 0 Å². The van der Waals surface area contributed by atoms with Crippen LogP contribution in [0.5, 0.6) is 0 Å². The van der Waals surface area contributed by atoms with E-state index >= 15 is 0 Å². The van der Waals surface area contributed by atoms with Gasteiger partial charge in [0.1, 0.15) is 6.61 Å². The Labute approximate surface area is 103 Å². The maximum absolute atomic E-state index is 8.56. The van der Waals surface area contributed by atoms with Crippen LogP contribution < -0.4 is 0 Å². The fraction of sp³-hybridized carbons (Fsp3) is 0.500. The molecule has 17 heavy (non-hydrogen) atoms. The number of hydrogen-bond acceptors (Lipinski definition) is 3. The minimum absolute atomic E-state index is 0.135. The molecule has 0 aromatic heterocycles. The molecule has 3 nitrogen and oxygen atoms in total. The van der Waals surface area contributed by atoms with Crippen molar-refractivity contribution in [2.45, 2.75) is 32.6 Å². The zero-order chi connectivity index (χ0) is 12.7. The van der Waals surface area contributed by atoms with Gasteiger partial charge in [-0.25, -0.2) is 0 Å². The van der Waals surface area contributed by atoms with Crippen LogP contribution in [0.3, 0.4) is 0 Å². The van der Waals surface area contributed by atoms with Crippen molar-refractivity contribution in [3.05, 3.63) is 35.4 Å². The molecule has 3 heteroatoms. The number of rotatable bonds is 5. The average molecular weight is 235 g/mol. The first kappa shape index (κ1) is 13.7. The van der Waals surface area contributed by atoms with Crippen molar-refractivity contribution in [1.29, 1.82) is 0 Å². The molecule has 0 unspecified atom stereocenters. The van der Waals surface area contributed by atoms with Gasteiger partial charge in [0.2, 0.25) is 0 Å². The minimum Gasteiger partial charge on any atom is -0.396 e. The monoisotopic (exact) mass is 235 g/mol. The van der Waals surface area contributed by atoms with E-state index < -0.39 is 0 Å². The Morgan fingerprint density at radius 3 is 2.41 bits per heavy atom. The highest BCUT2D eigenvalue weighted by Crippen LogP contribution is 2.21. The van der Waals surface area contributed by atoms with Gasteiger partial charge in [0.05, 0.1) is 6.21 Å². The summed E-state index contributed by atoms with van der Waals surface area (Å²) in [6.45, 7) is 7.15.